The number of hydrogen-bond donors (Lipinski definition) is 1. The van der Waals surface area contributed by atoms with Crippen molar-refractivity contribution in [2.45, 2.75) is 12.2 Å². The second kappa shape index (κ2) is 6.00. The lowest BCUT2D eigenvalue weighted by molar-refractivity contribution is 0.626. The van der Waals surface area contributed by atoms with Crippen LogP contribution in [0.5, 0.6) is 0 Å². The summed E-state index contributed by atoms with van der Waals surface area (Å²) < 4.78 is 12.7. The van der Waals surface area contributed by atoms with E-state index < -0.39 is 0 Å². The van der Waals surface area contributed by atoms with Crippen molar-refractivity contribution in [3.8, 4) is 0 Å². The Bertz CT molecular complexity index is 252. The van der Waals surface area contributed by atoms with E-state index in [0.29, 0.717) is 0 Å². The first-order valence-electron chi connectivity index (χ1n) is 4.35. The van der Waals surface area contributed by atoms with Crippen LogP contribution in [0.25, 0.3) is 0 Å². The van der Waals surface area contributed by atoms with Crippen LogP contribution >= 0.6 is 11.8 Å². The largest absolute Gasteiger partial charge is 0.330 e. The van der Waals surface area contributed by atoms with Gasteiger partial charge in [-0.1, -0.05) is 12.1 Å². The van der Waals surface area contributed by atoms with Crippen molar-refractivity contribution in [1.82, 2.24) is 0 Å². The number of nitrogens with two attached hydrogens (primary N) is 1. The molecule has 72 valence electrons. The predicted octanol–water partition coefficient (Wildman–Crippen LogP) is 2.41. The summed E-state index contributed by atoms with van der Waals surface area (Å²) in [7, 11) is 0. The van der Waals surface area contributed by atoms with Crippen LogP contribution in [0.1, 0.15) is 12.0 Å². The van der Waals surface area contributed by atoms with Gasteiger partial charge < -0.3 is 5.73 Å². The predicted molar refractivity (Wildman–Crippen MR) is 56.2 cm³/mol. The summed E-state index contributed by atoms with van der Waals surface area (Å²) in [5.41, 5.74) is 6.40. The molecule has 0 saturated heterocycles. The zero-order chi connectivity index (χ0) is 9.52. The topological polar surface area (TPSA) is 26.0 Å². The summed E-state index contributed by atoms with van der Waals surface area (Å²) in [6, 6.07) is 6.73. The second-order valence-corrected chi connectivity index (χ2v) is 3.93. The molecule has 0 aliphatic heterocycles. The Hall–Kier alpha value is -0.540. The highest BCUT2D eigenvalue weighted by Crippen LogP contribution is 2.13. The molecule has 0 aliphatic rings. The van der Waals surface area contributed by atoms with E-state index in [4.69, 9.17) is 5.73 Å². The lowest BCUT2D eigenvalue weighted by Gasteiger charge is -2.00. The number of benzene rings is 1. The van der Waals surface area contributed by atoms with Gasteiger partial charge in [-0.05, 0) is 36.4 Å². The fraction of sp³-hybridized carbons (Fsp3) is 0.400. The van der Waals surface area contributed by atoms with Gasteiger partial charge in [-0.3, -0.25) is 0 Å². The first-order valence-corrected chi connectivity index (χ1v) is 5.50. The third kappa shape index (κ3) is 4.29. The number of halogens is 1. The summed E-state index contributed by atoms with van der Waals surface area (Å²) in [6.45, 7) is 0.732. The Morgan fingerprint density at radius 1 is 1.38 bits per heavy atom. The summed E-state index contributed by atoms with van der Waals surface area (Å²) in [5.74, 6) is 1.77. The Kier molecular flexibility index (Phi) is 4.86. The van der Waals surface area contributed by atoms with Gasteiger partial charge in [0.25, 0.3) is 0 Å². The van der Waals surface area contributed by atoms with E-state index in [1.165, 1.54) is 6.07 Å². The highest BCUT2D eigenvalue weighted by atomic mass is 32.2. The highest BCUT2D eigenvalue weighted by molar-refractivity contribution is 7.98. The molecule has 0 aromatic heterocycles. The third-order valence-electron chi connectivity index (χ3n) is 1.65. The highest BCUT2D eigenvalue weighted by Gasteiger charge is 1.94. The van der Waals surface area contributed by atoms with E-state index in [2.05, 4.69) is 0 Å². The molecule has 1 aromatic rings. The molecule has 0 bridgehead atoms. The summed E-state index contributed by atoms with van der Waals surface area (Å²) in [4.78, 5) is 0. The molecular formula is C10H14FNS. The van der Waals surface area contributed by atoms with Gasteiger partial charge in [0.05, 0.1) is 0 Å². The van der Waals surface area contributed by atoms with Crippen LogP contribution < -0.4 is 5.73 Å². The first-order chi connectivity index (χ1) is 6.33. The van der Waals surface area contributed by atoms with Crippen molar-refractivity contribution < 1.29 is 4.39 Å². The van der Waals surface area contributed by atoms with Gasteiger partial charge in [-0.15, -0.1) is 0 Å². The van der Waals surface area contributed by atoms with Gasteiger partial charge >= 0.3 is 0 Å². The van der Waals surface area contributed by atoms with Crippen molar-refractivity contribution in [3.63, 3.8) is 0 Å². The molecule has 1 rings (SSSR count). The normalized spacial score (nSPS) is 10.3. The average molecular weight is 199 g/mol. The molecule has 0 saturated carbocycles. The lowest BCUT2D eigenvalue weighted by atomic mass is 10.2. The summed E-state index contributed by atoms with van der Waals surface area (Å²) in [5, 5.41) is 0. The van der Waals surface area contributed by atoms with E-state index in [9.17, 15) is 4.39 Å². The van der Waals surface area contributed by atoms with Gasteiger partial charge in [0, 0.05) is 5.75 Å². The van der Waals surface area contributed by atoms with Crippen molar-refractivity contribution in [3.05, 3.63) is 35.6 Å². The van der Waals surface area contributed by atoms with Gasteiger partial charge in [-0.25, -0.2) is 4.39 Å². The molecular weight excluding hydrogens is 185 g/mol. The molecule has 0 fully saturated rings. The van der Waals surface area contributed by atoms with E-state index in [0.717, 1.165) is 30.0 Å². The molecule has 13 heavy (non-hydrogen) atoms. The van der Waals surface area contributed by atoms with Crippen LogP contribution in [0.3, 0.4) is 0 Å². The second-order valence-electron chi connectivity index (χ2n) is 2.82. The van der Waals surface area contributed by atoms with E-state index in [1.54, 1.807) is 23.9 Å². The molecule has 2 N–H and O–H groups in total. The fourth-order valence-electron chi connectivity index (χ4n) is 1.00. The van der Waals surface area contributed by atoms with Crippen LogP contribution in [0.4, 0.5) is 4.39 Å². The molecule has 0 amide bonds. The Morgan fingerprint density at radius 2 is 2.23 bits per heavy atom. The van der Waals surface area contributed by atoms with Crippen LogP contribution in [0, 0.1) is 5.82 Å². The van der Waals surface area contributed by atoms with Crippen molar-refractivity contribution in [2.75, 3.05) is 12.3 Å². The zero-order valence-electron chi connectivity index (χ0n) is 7.50. The van der Waals surface area contributed by atoms with E-state index in [1.807, 2.05) is 6.07 Å². The molecule has 0 heterocycles. The maximum Gasteiger partial charge on any atom is 0.123 e. The molecule has 0 unspecified atom stereocenters. The Morgan fingerprint density at radius 3 is 2.92 bits per heavy atom. The van der Waals surface area contributed by atoms with Crippen LogP contribution in [0.2, 0.25) is 0 Å². The minimum absolute atomic E-state index is 0.156. The maximum atomic E-state index is 12.7. The third-order valence-corrected chi connectivity index (χ3v) is 2.77. The molecule has 0 spiro atoms. The molecule has 1 aromatic carbocycles. The first kappa shape index (κ1) is 10.5. The van der Waals surface area contributed by atoms with Crippen molar-refractivity contribution in [1.29, 1.82) is 0 Å². The van der Waals surface area contributed by atoms with Gasteiger partial charge in [0.2, 0.25) is 0 Å². The molecule has 0 aliphatic carbocycles. The smallest absolute Gasteiger partial charge is 0.123 e. The van der Waals surface area contributed by atoms with E-state index in [-0.39, 0.29) is 5.82 Å². The molecule has 0 radical (unpaired) electrons. The van der Waals surface area contributed by atoms with Gasteiger partial charge in [0.15, 0.2) is 0 Å². The fourth-order valence-corrected chi connectivity index (χ4v) is 1.93. The van der Waals surface area contributed by atoms with Crippen LogP contribution in [0.15, 0.2) is 24.3 Å². The Labute approximate surface area is 82.5 Å². The molecule has 1 nitrogen and oxygen atoms in total. The van der Waals surface area contributed by atoms with Crippen molar-refractivity contribution in [2.24, 2.45) is 5.73 Å². The number of hydrogen-bond acceptors (Lipinski definition) is 2. The standard InChI is InChI=1S/C10H14FNS/c11-10-4-1-3-9(7-10)8-13-6-2-5-12/h1,3-4,7H,2,5-6,8,12H2. The number of thioether (sulfide) groups is 1. The minimum Gasteiger partial charge on any atom is -0.330 e. The van der Waals surface area contributed by atoms with Gasteiger partial charge in [-0.2, -0.15) is 11.8 Å². The van der Waals surface area contributed by atoms with Crippen LogP contribution in [-0.2, 0) is 5.75 Å². The number of rotatable bonds is 5. The summed E-state index contributed by atoms with van der Waals surface area (Å²) in [6.07, 6.45) is 1.03. The SMILES string of the molecule is NCCCSCc1cccc(F)c1. The average Bonchev–Trinajstić information content (AvgIpc) is 2.13. The van der Waals surface area contributed by atoms with E-state index >= 15 is 0 Å². The monoisotopic (exact) mass is 199 g/mol. The maximum absolute atomic E-state index is 12.7. The quantitative estimate of drug-likeness (QED) is 0.737. The minimum atomic E-state index is -0.156. The zero-order valence-corrected chi connectivity index (χ0v) is 8.32. The summed E-state index contributed by atoms with van der Waals surface area (Å²) >= 11 is 1.79. The Balaban J connectivity index is 2.28. The van der Waals surface area contributed by atoms with Gasteiger partial charge in [0.1, 0.15) is 5.82 Å². The lowest BCUT2D eigenvalue weighted by Crippen LogP contribution is -1.99. The molecule has 3 heteroatoms. The van der Waals surface area contributed by atoms with Crippen molar-refractivity contribution >= 4 is 11.8 Å². The van der Waals surface area contributed by atoms with Crippen LogP contribution in [-0.4, -0.2) is 12.3 Å². The molecule has 0 atom stereocenters.